The van der Waals surface area contributed by atoms with Crippen molar-refractivity contribution in [2.45, 2.75) is 19.8 Å². The van der Waals surface area contributed by atoms with Gasteiger partial charge >= 0.3 is 0 Å². The highest BCUT2D eigenvalue weighted by atomic mass is 16.5. The number of pyridine rings is 1. The summed E-state index contributed by atoms with van der Waals surface area (Å²) in [7, 11) is 1.71. The van der Waals surface area contributed by atoms with Crippen molar-refractivity contribution in [1.82, 2.24) is 10.3 Å². The number of rotatable bonds is 9. The Balaban J connectivity index is 1.95. The van der Waals surface area contributed by atoms with Crippen molar-refractivity contribution >= 4 is 0 Å². The molecule has 0 radical (unpaired) electrons. The van der Waals surface area contributed by atoms with E-state index in [9.17, 15) is 0 Å². The predicted molar refractivity (Wildman–Crippen MR) is 68.4 cm³/mol. The molecular formula is C13H22N2O2. The van der Waals surface area contributed by atoms with Crippen LogP contribution in [0.1, 0.15) is 18.5 Å². The first-order valence-electron chi connectivity index (χ1n) is 6.08. The van der Waals surface area contributed by atoms with E-state index < -0.39 is 0 Å². The lowest BCUT2D eigenvalue weighted by Crippen LogP contribution is -2.20. The van der Waals surface area contributed by atoms with Crippen molar-refractivity contribution in [3.05, 3.63) is 24.0 Å². The molecule has 96 valence electrons. The zero-order valence-corrected chi connectivity index (χ0v) is 10.7. The zero-order valence-electron chi connectivity index (χ0n) is 10.7. The molecule has 0 atom stereocenters. The fourth-order valence-electron chi connectivity index (χ4n) is 1.38. The van der Waals surface area contributed by atoms with Crippen LogP contribution in [0.2, 0.25) is 0 Å². The predicted octanol–water partition coefficient (Wildman–Crippen LogP) is 1.79. The molecule has 0 aliphatic heterocycles. The van der Waals surface area contributed by atoms with Gasteiger partial charge in [-0.3, -0.25) is 4.98 Å². The number of nitrogens with zero attached hydrogens (tertiary/aromatic N) is 1. The monoisotopic (exact) mass is 238 g/mol. The van der Waals surface area contributed by atoms with E-state index >= 15 is 0 Å². The van der Waals surface area contributed by atoms with Crippen LogP contribution in [-0.4, -0.2) is 38.4 Å². The molecule has 0 saturated carbocycles. The van der Waals surface area contributed by atoms with Crippen LogP contribution in [-0.2, 0) is 4.74 Å². The van der Waals surface area contributed by atoms with Crippen LogP contribution < -0.4 is 10.1 Å². The van der Waals surface area contributed by atoms with Crippen molar-refractivity contribution in [2.75, 3.05) is 33.4 Å². The van der Waals surface area contributed by atoms with Gasteiger partial charge in [0.05, 0.1) is 19.4 Å². The Morgan fingerprint density at radius 2 is 2.06 bits per heavy atom. The van der Waals surface area contributed by atoms with E-state index in [0.29, 0.717) is 0 Å². The first kappa shape index (κ1) is 13.9. The fraction of sp³-hybridized carbons (Fsp3) is 0.615. The average molecular weight is 238 g/mol. The Morgan fingerprint density at radius 1 is 1.18 bits per heavy atom. The number of nitrogens with one attached hydrogen (secondary N) is 1. The summed E-state index contributed by atoms with van der Waals surface area (Å²) in [5.41, 5.74) is 1.01. The lowest BCUT2D eigenvalue weighted by atomic mass is 10.3. The number of aromatic nitrogens is 1. The SMILES string of the molecule is COCCNCCCCOc1ccc(C)nc1. The van der Waals surface area contributed by atoms with E-state index in [1.165, 1.54) is 0 Å². The third-order valence-corrected chi connectivity index (χ3v) is 2.38. The highest BCUT2D eigenvalue weighted by Crippen LogP contribution is 2.08. The number of hydrogen-bond acceptors (Lipinski definition) is 4. The first-order valence-corrected chi connectivity index (χ1v) is 6.08. The molecule has 17 heavy (non-hydrogen) atoms. The van der Waals surface area contributed by atoms with Crippen LogP contribution in [0.15, 0.2) is 18.3 Å². The lowest BCUT2D eigenvalue weighted by molar-refractivity contribution is 0.199. The molecule has 0 fully saturated rings. The summed E-state index contributed by atoms with van der Waals surface area (Å²) in [6.45, 7) is 5.41. The van der Waals surface area contributed by atoms with Gasteiger partial charge in [-0.25, -0.2) is 0 Å². The number of ether oxygens (including phenoxy) is 2. The Kier molecular flexibility index (Phi) is 7.34. The van der Waals surface area contributed by atoms with Crippen LogP contribution in [0.25, 0.3) is 0 Å². The summed E-state index contributed by atoms with van der Waals surface area (Å²) in [6.07, 6.45) is 3.93. The lowest BCUT2D eigenvalue weighted by Gasteiger charge is -2.06. The standard InChI is InChI=1S/C13H22N2O2/c1-12-5-6-13(11-15-12)17-9-4-3-7-14-8-10-16-2/h5-6,11,14H,3-4,7-10H2,1-2H3. The highest BCUT2D eigenvalue weighted by molar-refractivity contribution is 5.18. The van der Waals surface area contributed by atoms with Gasteiger partial charge in [0, 0.05) is 19.3 Å². The fourth-order valence-corrected chi connectivity index (χ4v) is 1.38. The zero-order chi connectivity index (χ0) is 12.3. The second kappa shape index (κ2) is 8.96. The molecule has 4 nitrogen and oxygen atoms in total. The minimum atomic E-state index is 0.747. The quantitative estimate of drug-likeness (QED) is 0.666. The molecule has 0 aromatic carbocycles. The normalized spacial score (nSPS) is 10.5. The van der Waals surface area contributed by atoms with Gasteiger partial charge in [0.2, 0.25) is 0 Å². The van der Waals surface area contributed by atoms with E-state index in [2.05, 4.69) is 10.3 Å². The van der Waals surface area contributed by atoms with E-state index in [0.717, 1.165) is 50.6 Å². The molecule has 0 aliphatic carbocycles. The maximum Gasteiger partial charge on any atom is 0.137 e. The largest absolute Gasteiger partial charge is 0.492 e. The highest BCUT2D eigenvalue weighted by Gasteiger charge is 1.94. The van der Waals surface area contributed by atoms with Gasteiger partial charge in [-0.1, -0.05) is 0 Å². The smallest absolute Gasteiger partial charge is 0.137 e. The van der Waals surface area contributed by atoms with Crippen molar-refractivity contribution in [3.63, 3.8) is 0 Å². The maximum absolute atomic E-state index is 5.57. The summed E-state index contributed by atoms with van der Waals surface area (Å²) in [6, 6.07) is 3.92. The molecule has 0 amide bonds. The molecule has 1 rings (SSSR count). The Hall–Kier alpha value is -1.13. The first-order chi connectivity index (χ1) is 8.33. The van der Waals surface area contributed by atoms with Gasteiger partial charge < -0.3 is 14.8 Å². The van der Waals surface area contributed by atoms with Gasteiger partial charge in [0.1, 0.15) is 5.75 Å². The Bertz CT molecular complexity index is 288. The summed E-state index contributed by atoms with van der Waals surface area (Å²) in [5, 5.41) is 3.30. The Morgan fingerprint density at radius 3 is 2.76 bits per heavy atom. The van der Waals surface area contributed by atoms with E-state index in [1.54, 1.807) is 13.3 Å². The van der Waals surface area contributed by atoms with Gasteiger partial charge in [-0.15, -0.1) is 0 Å². The third-order valence-electron chi connectivity index (χ3n) is 2.38. The topological polar surface area (TPSA) is 43.4 Å². The number of hydrogen-bond donors (Lipinski definition) is 1. The maximum atomic E-state index is 5.57. The van der Waals surface area contributed by atoms with Crippen molar-refractivity contribution in [1.29, 1.82) is 0 Å². The average Bonchev–Trinajstić information content (AvgIpc) is 2.35. The van der Waals surface area contributed by atoms with Crippen LogP contribution in [0, 0.1) is 6.92 Å². The van der Waals surface area contributed by atoms with Crippen molar-refractivity contribution in [2.24, 2.45) is 0 Å². The van der Waals surface area contributed by atoms with Crippen molar-refractivity contribution in [3.8, 4) is 5.75 Å². The molecule has 4 heteroatoms. The van der Waals surface area contributed by atoms with Crippen molar-refractivity contribution < 1.29 is 9.47 Å². The molecule has 1 heterocycles. The molecule has 0 saturated heterocycles. The molecule has 0 spiro atoms. The number of methoxy groups -OCH3 is 1. The van der Waals surface area contributed by atoms with Gasteiger partial charge in [-0.05, 0) is 38.4 Å². The van der Waals surface area contributed by atoms with Crippen LogP contribution in [0.3, 0.4) is 0 Å². The van der Waals surface area contributed by atoms with Gasteiger partial charge in [0.15, 0.2) is 0 Å². The minimum Gasteiger partial charge on any atom is -0.492 e. The molecule has 1 aromatic heterocycles. The van der Waals surface area contributed by atoms with E-state index in [-0.39, 0.29) is 0 Å². The van der Waals surface area contributed by atoms with Gasteiger partial charge in [-0.2, -0.15) is 0 Å². The Labute approximate surface area is 103 Å². The molecule has 1 aromatic rings. The minimum absolute atomic E-state index is 0.747. The molecule has 0 bridgehead atoms. The van der Waals surface area contributed by atoms with E-state index in [4.69, 9.17) is 9.47 Å². The van der Waals surface area contributed by atoms with Crippen LogP contribution in [0.4, 0.5) is 0 Å². The summed E-state index contributed by atoms with van der Waals surface area (Å²) < 4.78 is 10.5. The third kappa shape index (κ3) is 6.92. The molecule has 1 N–H and O–H groups in total. The summed E-state index contributed by atoms with van der Waals surface area (Å²) >= 11 is 0. The second-order valence-corrected chi connectivity index (χ2v) is 3.93. The van der Waals surface area contributed by atoms with E-state index in [1.807, 2.05) is 19.1 Å². The summed E-state index contributed by atoms with van der Waals surface area (Å²) in [4.78, 5) is 4.18. The molecule has 0 unspecified atom stereocenters. The summed E-state index contributed by atoms with van der Waals surface area (Å²) in [5.74, 6) is 0.850. The van der Waals surface area contributed by atoms with Crippen LogP contribution in [0.5, 0.6) is 5.75 Å². The molecule has 0 aliphatic rings. The molecular weight excluding hydrogens is 216 g/mol. The number of aryl methyl sites for hydroxylation is 1. The number of unbranched alkanes of at least 4 members (excludes halogenated alkanes) is 1. The second-order valence-electron chi connectivity index (χ2n) is 3.93. The van der Waals surface area contributed by atoms with Crippen LogP contribution >= 0.6 is 0 Å². The van der Waals surface area contributed by atoms with Gasteiger partial charge in [0.25, 0.3) is 0 Å².